The van der Waals surface area contributed by atoms with Crippen molar-refractivity contribution in [2.75, 3.05) is 13.1 Å². The number of nitrogens with one attached hydrogen (secondary N) is 1. The number of amides is 2. The second-order valence-corrected chi connectivity index (χ2v) is 5.97. The SMILES string of the molecule is O=C(CN1C[C@H](c2ccccc2)CC1=O)N/N=C\c1cccc(O)c1. The molecule has 2 amide bonds. The minimum Gasteiger partial charge on any atom is -0.508 e. The molecule has 1 fully saturated rings. The van der Waals surface area contributed by atoms with E-state index in [1.165, 1.54) is 12.3 Å². The van der Waals surface area contributed by atoms with Crippen LogP contribution in [-0.2, 0) is 9.59 Å². The van der Waals surface area contributed by atoms with Crippen LogP contribution in [0.5, 0.6) is 5.75 Å². The van der Waals surface area contributed by atoms with E-state index in [9.17, 15) is 14.7 Å². The van der Waals surface area contributed by atoms with Gasteiger partial charge in [-0.1, -0.05) is 42.5 Å². The van der Waals surface area contributed by atoms with Crippen LogP contribution in [0.2, 0.25) is 0 Å². The molecule has 6 nitrogen and oxygen atoms in total. The van der Waals surface area contributed by atoms with Gasteiger partial charge in [-0.25, -0.2) is 5.43 Å². The summed E-state index contributed by atoms with van der Waals surface area (Å²) in [5.74, 6) is -0.124. The third-order valence-corrected chi connectivity index (χ3v) is 4.09. The van der Waals surface area contributed by atoms with E-state index in [0.717, 1.165) is 5.56 Å². The number of carbonyl (C=O) groups excluding carboxylic acids is 2. The maximum atomic E-state index is 12.1. The Balaban J connectivity index is 1.52. The van der Waals surface area contributed by atoms with Crippen molar-refractivity contribution in [1.82, 2.24) is 10.3 Å². The van der Waals surface area contributed by atoms with Crippen LogP contribution in [0, 0.1) is 0 Å². The van der Waals surface area contributed by atoms with Gasteiger partial charge in [-0.2, -0.15) is 5.10 Å². The second-order valence-electron chi connectivity index (χ2n) is 5.97. The van der Waals surface area contributed by atoms with Crippen molar-refractivity contribution in [3.63, 3.8) is 0 Å². The number of hydrogen-bond donors (Lipinski definition) is 2. The molecule has 2 aromatic carbocycles. The molecule has 1 saturated heterocycles. The Kier molecular flexibility index (Phi) is 5.09. The lowest BCUT2D eigenvalue weighted by Gasteiger charge is -2.15. The molecule has 0 spiro atoms. The van der Waals surface area contributed by atoms with Crippen LogP contribution in [0.4, 0.5) is 0 Å². The molecule has 3 rings (SSSR count). The van der Waals surface area contributed by atoms with Crippen LogP contribution in [0.25, 0.3) is 0 Å². The normalized spacial score (nSPS) is 17.2. The van der Waals surface area contributed by atoms with Crippen molar-refractivity contribution in [1.29, 1.82) is 0 Å². The number of phenolic OH excluding ortho intramolecular Hbond substituents is 1. The Hall–Kier alpha value is -3.15. The molecule has 1 aliphatic rings. The number of likely N-dealkylation sites (tertiary alicyclic amines) is 1. The Morgan fingerprint density at radius 3 is 2.80 bits per heavy atom. The Morgan fingerprint density at radius 2 is 2.04 bits per heavy atom. The third-order valence-electron chi connectivity index (χ3n) is 4.09. The van der Waals surface area contributed by atoms with Gasteiger partial charge in [-0.3, -0.25) is 9.59 Å². The molecule has 0 saturated carbocycles. The number of phenols is 1. The zero-order valence-corrected chi connectivity index (χ0v) is 13.6. The van der Waals surface area contributed by atoms with E-state index in [-0.39, 0.29) is 30.0 Å². The van der Waals surface area contributed by atoms with Crippen LogP contribution in [0.15, 0.2) is 59.7 Å². The van der Waals surface area contributed by atoms with Gasteiger partial charge in [0.15, 0.2) is 0 Å². The van der Waals surface area contributed by atoms with E-state index in [2.05, 4.69) is 10.5 Å². The van der Waals surface area contributed by atoms with E-state index in [0.29, 0.717) is 18.5 Å². The monoisotopic (exact) mass is 337 g/mol. The molecule has 0 aromatic heterocycles. The second kappa shape index (κ2) is 7.61. The highest BCUT2D eigenvalue weighted by Gasteiger charge is 2.31. The van der Waals surface area contributed by atoms with Crippen molar-refractivity contribution in [3.8, 4) is 5.75 Å². The van der Waals surface area contributed by atoms with Crippen molar-refractivity contribution >= 4 is 18.0 Å². The summed E-state index contributed by atoms with van der Waals surface area (Å²) in [5.41, 5.74) is 4.19. The number of rotatable bonds is 5. The first-order valence-electron chi connectivity index (χ1n) is 8.05. The zero-order valence-electron chi connectivity index (χ0n) is 13.6. The maximum absolute atomic E-state index is 12.1. The number of benzene rings is 2. The molecule has 6 heteroatoms. The zero-order chi connectivity index (χ0) is 17.6. The van der Waals surface area contributed by atoms with Gasteiger partial charge in [0.2, 0.25) is 5.91 Å². The average molecular weight is 337 g/mol. The number of hydrazone groups is 1. The average Bonchev–Trinajstić information content (AvgIpc) is 2.96. The predicted molar refractivity (Wildman–Crippen MR) is 94.2 cm³/mol. The van der Waals surface area contributed by atoms with E-state index in [4.69, 9.17) is 0 Å². The van der Waals surface area contributed by atoms with Gasteiger partial charge in [-0.15, -0.1) is 0 Å². The minimum absolute atomic E-state index is 0.0143. The maximum Gasteiger partial charge on any atom is 0.259 e. The molecule has 1 heterocycles. The van der Waals surface area contributed by atoms with Gasteiger partial charge >= 0.3 is 0 Å². The lowest BCUT2D eigenvalue weighted by atomic mass is 9.99. The van der Waals surface area contributed by atoms with Gasteiger partial charge < -0.3 is 10.0 Å². The highest BCUT2D eigenvalue weighted by Crippen LogP contribution is 2.27. The first kappa shape index (κ1) is 16.7. The number of hydrogen-bond acceptors (Lipinski definition) is 4. The number of aromatic hydroxyl groups is 1. The standard InChI is InChI=1S/C19H19N3O3/c23-17-8-4-5-14(9-17)11-20-21-18(24)13-22-12-16(10-19(22)25)15-6-2-1-3-7-15/h1-9,11,16,23H,10,12-13H2,(H,21,24)/b20-11-/t16-/m1/s1. The van der Waals surface area contributed by atoms with Crippen molar-refractivity contribution < 1.29 is 14.7 Å². The summed E-state index contributed by atoms with van der Waals surface area (Å²) in [6.45, 7) is 0.520. The first-order valence-corrected chi connectivity index (χ1v) is 8.05. The molecule has 1 aliphatic heterocycles. The van der Waals surface area contributed by atoms with E-state index in [1.807, 2.05) is 30.3 Å². The van der Waals surface area contributed by atoms with Crippen LogP contribution < -0.4 is 5.43 Å². The van der Waals surface area contributed by atoms with Crippen LogP contribution in [0.3, 0.4) is 0 Å². The van der Waals surface area contributed by atoms with E-state index < -0.39 is 0 Å². The fourth-order valence-corrected chi connectivity index (χ4v) is 2.87. The topological polar surface area (TPSA) is 82.0 Å². The molecule has 0 bridgehead atoms. The minimum atomic E-state index is -0.349. The molecule has 25 heavy (non-hydrogen) atoms. The Labute approximate surface area is 145 Å². The smallest absolute Gasteiger partial charge is 0.259 e. The van der Waals surface area contributed by atoms with Gasteiger partial charge in [0, 0.05) is 18.9 Å². The van der Waals surface area contributed by atoms with E-state index in [1.54, 1.807) is 23.1 Å². The first-order chi connectivity index (χ1) is 12.1. The molecular formula is C19H19N3O3. The fourth-order valence-electron chi connectivity index (χ4n) is 2.87. The summed E-state index contributed by atoms with van der Waals surface area (Å²) in [6.07, 6.45) is 1.86. The lowest BCUT2D eigenvalue weighted by molar-refractivity contribution is -0.133. The predicted octanol–water partition coefficient (Wildman–Crippen LogP) is 1.86. The van der Waals surface area contributed by atoms with Gasteiger partial charge in [-0.05, 0) is 23.3 Å². The van der Waals surface area contributed by atoms with Crippen molar-refractivity contribution in [3.05, 3.63) is 65.7 Å². The number of carbonyl (C=O) groups is 2. The summed E-state index contributed by atoms with van der Waals surface area (Å²) in [4.78, 5) is 25.6. The largest absolute Gasteiger partial charge is 0.508 e. The van der Waals surface area contributed by atoms with Crippen LogP contribution in [-0.4, -0.2) is 41.1 Å². The highest BCUT2D eigenvalue weighted by atomic mass is 16.3. The molecule has 2 N–H and O–H groups in total. The molecule has 2 aromatic rings. The fraction of sp³-hybridized carbons (Fsp3) is 0.211. The van der Waals surface area contributed by atoms with E-state index >= 15 is 0 Å². The lowest BCUT2D eigenvalue weighted by Crippen LogP contribution is -2.36. The van der Waals surface area contributed by atoms with Gasteiger partial charge in [0.1, 0.15) is 12.3 Å². The Morgan fingerprint density at radius 1 is 1.24 bits per heavy atom. The van der Waals surface area contributed by atoms with Crippen molar-refractivity contribution in [2.45, 2.75) is 12.3 Å². The van der Waals surface area contributed by atoms with Gasteiger partial charge in [0.25, 0.3) is 5.91 Å². The quantitative estimate of drug-likeness (QED) is 0.645. The summed E-state index contributed by atoms with van der Waals surface area (Å²) in [6, 6.07) is 16.4. The summed E-state index contributed by atoms with van der Waals surface area (Å²) >= 11 is 0. The molecule has 128 valence electrons. The molecular weight excluding hydrogens is 318 g/mol. The van der Waals surface area contributed by atoms with Crippen molar-refractivity contribution in [2.24, 2.45) is 5.10 Å². The molecule has 1 atom stereocenters. The van der Waals surface area contributed by atoms with Gasteiger partial charge in [0.05, 0.1) is 6.21 Å². The van der Waals surface area contributed by atoms with Crippen LogP contribution in [0.1, 0.15) is 23.5 Å². The Bertz CT molecular complexity index is 790. The molecule has 0 radical (unpaired) electrons. The summed E-state index contributed by atoms with van der Waals surface area (Å²) in [7, 11) is 0. The van der Waals surface area contributed by atoms with Crippen LogP contribution >= 0.6 is 0 Å². The molecule has 0 unspecified atom stereocenters. The summed E-state index contributed by atoms with van der Waals surface area (Å²) in [5, 5.41) is 13.2. The third kappa shape index (κ3) is 4.44. The highest BCUT2D eigenvalue weighted by molar-refractivity contribution is 5.87. The summed E-state index contributed by atoms with van der Waals surface area (Å²) < 4.78 is 0. The number of nitrogens with zero attached hydrogens (tertiary/aromatic N) is 2. The molecule has 0 aliphatic carbocycles.